The molecule has 1 fully saturated rings. The summed E-state index contributed by atoms with van der Waals surface area (Å²) >= 11 is 0. The van der Waals surface area contributed by atoms with Crippen LogP contribution in [-0.4, -0.2) is 68.0 Å². The molecule has 10 nitrogen and oxygen atoms in total. The number of hydrogen-bond acceptors (Lipinski definition) is 9. The van der Waals surface area contributed by atoms with E-state index in [2.05, 4.69) is 10.3 Å². The fraction of sp³-hybridized carbons (Fsp3) is 0.481. The van der Waals surface area contributed by atoms with Crippen molar-refractivity contribution in [3.05, 3.63) is 53.6 Å². The molecule has 38 heavy (non-hydrogen) atoms. The molecule has 1 saturated heterocycles. The minimum atomic E-state index is -1.17. The Morgan fingerprint density at radius 2 is 1.92 bits per heavy atom. The van der Waals surface area contributed by atoms with Crippen LogP contribution in [0.5, 0.6) is 11.5 Å². The van der Waals surface area contributed by atoms with Gasteiger partial charge in [0.05, 0.1) is 26.4 Å². The fourth-order valence-corrected chi connectivity index (χ4v) is 4.10. The van der Waals surface area contributed by atoms with Gasteiger partial charge in [-0.2, -0.15) is 0 Å². The Kier molecular flexibility index (Phi) is 10.5. The second kappa shape index (κ2) is 13.8. The maximum Gasteiger partial charge on any atom is 0.331 e. The predicted octanol–water partition coefficient (Wildman–Crippen LogP) is 2.87. The van der Waals surface area contributed by atoms with Gasteiger partial charge >= 0.3 is 11.9 Å². The molecule has 4 unspecified atom stereocenters. The number of rotatable bonds is 9. The Labute approximate surface area is 220 Å². The number of ether oxygens (including phenoxy) is 5. The molecular weight excluding hydrogens is 499 g/mol. The Hall–Kier alpha value is -3.57. The van der Waals surface area contributed by atoms with Crippen molar-refractivity contribution in [1.82, 2.24) is 10.3 Å². The SMILES string of the molecule is CCCOC1COCC(NC(=O)c2nccc(OC)c2OC(C)=O)C(=O)OC(C)C1Cc1ccc(F)cc1. The van der Waals surface area contributed by atoms with Crippen LogP contribution in [0.2, 0.25) is 0 Å². The van der Waals surface area contributed by atoms with E-state index in [-0.39, 0.29) is 42.1 Å². The third-order valence-corrected chi connectivity index (χ3v) is 6.01. The summed E-state index contributed by atoms with van der Waals surface area (Å²) < 4.78 is 41.4. The number of halogens is 1. The first-order valence-corrected chi connectivity index (χ1v) is 12.4. The Morgan fingerprint density at radius 1 is 1.18 bits per heavy atom. The Morgan fingerprint density at radius 3 is 2.58 bits per heavy atom. The normalized spacial score (nSPS) is 21.9. The van der Waals surface area contributed by atoms with Gasteiger partial charge in [0.25, 0.3) is 5.91 Å². The molecule has 0 radical (unpaired) electrons. The first kappa shape index (κ1) is 29.0. The number of carbonyl (C=O) groups is 3. The number of methoxy groups -OCH3 is 1. The lowest BCUT2D eigenvalue weighted by Crippen LogP contribution is -2.46. The van der Waals surface area contributed by atoms with E-state index in [1.54, 1.807) is 19.1 Å². The van der Waals surface area contributed by atoms with E-state index >= 15 is 0 Å². The molecule has 1 N–H and O–H groups in total. The topological polar surface area (TPSA) is 122 Å². The number of aromatic nitrogens is 1. The second-order valence-corrected chi connectivity index (χ2v) is 8.89. The van der Waals surface area contributed by atoms with E-state index in [1.165, 1.54) is 38.4 Å². The van der Waals surface area contributed by atoms with Crippen LogP contribution in [-0.2, 0) is 30.2 Å². The third-order valence-electron chi connectivity index (χ3n) is 6.01. The fourth-order valence-electron chi connectivity index (χ4n) is 4.10. The number of pyridine rings is 1. The number of esters is 2. The van der Waals surface area contributed by atoms with Gasteiger partial charge in [0.1, 0.15) is 11.9 Å². The Bertz CT molecular complexity index is 1110. The molecule has 1 aromatic carbocycles. The van der Waals surface area contributed by atoms with Crippen molar-refractivity contribution in [2.75, 3.05) is 26.9 Å². The number of hydrogen-bond donors (Lipinski definition) is 1. The molecule has 0 bridgehead atoms. The monoisotopic (exact) mass is 532 g/mol. The number of carbonyl (C=O) groups excluding carboxylic acids is 3. The van der Waals surface area contributed by atoms with Crippen molar-refractivity contribution in [3.8, 4) is 11.5 Å². The minimum Gasteiger partial charge on any atom is -0.493 e. The molecule has 3 rings (SSSR count). The maximum atomic E-state index is 13.4. The van der Waals surface area contributed by atoms with Gasteiger partial charge < -0.3 is 29.0 Å². The van der Waals surface area contributed by atoms with E-state index in [1.807, 2.05) is 6.92 Å². The van der Waals surface area contributed by atoms with Crippen molar-refractivity contribution in [3.63, 3.8) is 0 Å². The van der Waals surface area contributed by atoms with E-state index in [0.29, 0.717) is 13.0 Å². The summed E-state index contributed by atoms with van der Waals surface area (Å²) in [5, 5.41) is 2.56. The molecule has 1 aliphatic heterocycles. The molecule has 4 atom stereocenters. The highest BCUT2D eigenvalue weighted by atomic mass is 19.1. The zero-order valence-corrected chi connectivity index (χ0v) is 21.9. The van der Waals surface area contributed by atoms with Gasteiger partial charge in [-0.25, -0.2) is 14.2 Å². The highest BCUT2D eigenvalue weighted by Crippen LogP contribution is 2.30. The lowest BCUT2D eigenvalue weighted by atomic mass is 9.89. The summed E-state index contributed by atoms with van der Waals surface area (Å²) in [5.41, 5.74) is 0.620. The van der Waals surface area contributed by atoms with Gasteiger partial charge in [-0.15, -0.1) is 0 Å². The molecule has 0 aliphatic carbocycles. The molecule has 1 aromatic heterocycles. The smallest absolute Gasteiger partial charge is 0.331 e. The van der Waals surface area contributed by atoms with Gasteiger partial charge in [0.15, 0.2) is 17.5 Å². The van der Waals surface area contributed by atoms with Gasteiger partial charge in [0, 0.05) is 31.7 Å². The highest BCUT2D eigenvalue weighted by molar-refractivity contribution is 5.98. The Balaban J connectivity index is 1.81. The van der Waals surface area contributed by atoms with Crippen LogP contribution in [0.1, 0.15) is 43.2 Å². The van der Waals surface area contributed by atoms with E-state index in [4.69, 9.17) is 23.7 Å². The van der Waals surface area contributed by atoms with E-state index in [0.717, 1.165) is 12.0 Å². The summed E-state index contributed by atoms with van der Waals surface area (Å²) in [4.78, 5) is 41.8. The molecule has 1 aliphatic rings. The van der Waals surface area contributed by atoms with E-state index in [9.17, 15) is 18.8 Å². The van der Waals surface area contributed by atoms with Crippen molar-refractivity contribution in [2.24, 2.45) is 5.92 Å². The minimum absolute atomic E-state index is 0.127. The van der Waals surface area contributed by atoms with Gasteiger partial charge in [0.2, 0.25) is 5.75 Å². The molecule has 11 heteroatoms. The lowest BCUT2D eigenvalue weighted by Gasteiger charge is -2.30. The van der Waals surface area contributed by atoms with E-state index < -0.39 is 36.1 Å². The standard InChI is InChI=1S/C27H33FN2O8/c1-5-12-36-23-15-35-14-21(27(33)37-16(2)20(23)13-18-6-8-19(28)9-7-18)30-26(32)24-25(38-17(3)31)22(34-4)10-11-29-24/h6-11,16,20-21,23H,5,12-15H2,1-4H3,(H,30,32). The van der Waals surface area contributed by atoms with Crippen molar-refractivity contribution >= 4 is 17.8 Å². The zero-order valence-electron chi connectivity index (χ0n) is 21.9. The third kappa shape index (κ3) is 7.72. The summed E-state index contributed by atoms with van der Waals surface area (Å²) in [7, 11) is 1.36. The molecule has 0 saturated carbocycles. The first-order chi connectivity index (χ1) is 18.2. The summed E-state index contributed by atoms with van der Waals surface area (Å²) in [6, 6.07) is 6.38. The van der Waals surface area contributed by atoms with Crippen molar-refractivity contribution in [2.45, 2.75) is 51.9 Å². The van der Waals surface area contributed by atoms with Crippen LogP contribution in [0.3, 0.4) is 0 Å². The summed E-state index contributed by atoms with van der Waals surface area (Å²) in [6.07, 6.45) is 1.54. The van der Waals surface area contributed by atoms with Crippen LogP contribution in [0.4, 0.5) is 4.39 Å². The van der Waals surface area contributed by atoms with Crippen LogP contribution < -0.4 is 14.8 Å². The number of nitrogens with one attached hydrogen (secondary N) is 1. The quantitative estimate of drug-likeness (QED) is 0.486. The number of cyclic esters (lactones) is 1. The number of nitrogens with zero attached hydrogens (tertiary/aromatic N) is 1. The largest absolute Gasteiger partial charge is 0.493 e. The average molecular weight is 533 g/mol. The molecule has 206 valence electrons. The highest BCUT2D eigenvalue weighted by Gasteiger charge is 2.36. The number of amides is 1. The molecule has 2 aromatic rings. The summed E-state index contributed by atoms with van der Waals surface area (Å²) in [6.45, 7) is 5.36. The van der Waals surface area contributed by atoms with Crippen molar-refractivity contribution < 1.29 is 42.5 Å². The second-order valence-electron chi connectivity index (χ2n) is 8.89. The average Bonchev–Trinajstić information content (AvgIpc) is 2.93. The zero-order chi connectivity index (χ0) is 27.7. The van der Waals surface area contributed by atoms with Crippen molar-refractivity contribution in [1.29, 1.82) is 0 Å². The van der Waals surface area contributed by atoms with Crippen LogP contribution in [0, 0.1) is 11.7 Å². The molecule has 0 spiro atoms. The maximum absolute atomic E-state index is 13.4. The van der Waals surface area contributed by atoms with Gasteiger partial charge in [-0.1, -0.05) is 19.1 Å². The van der Waals surface area contributed by atoms with Gasteiger partial charge in [-0.3, -0.25) is 9.59 Å². The summed E-state index contributed by atoms with van der Waals surface area (Å²) in [5.74, 6) is -2.83. The predicted molar refractivity (Wildman–Crippen MR) is 133 cm³/mol. The lowest BCUT2D eigenvalue weighted by molar-refractivity contribution is -0.155. The van der Waals surface area contributed by atoms with Crippen LogP contribution in [0.15, 0.2) is 36.5 Å². The van der Waals surface area contributed by atoms with Crippen LogP contribution >= 0.6 is 0 Å². The van der Waals surface area contributed by atoms with Crippen LogP contribution in [0.25, 0.3) is 0 Å². The molecule has 1 amide bonds. The molecule has 2 heterocycles. The van der Waals surface area contributed by atoms with Gasteiger partial charge in [-0.05, 0) is 37.5 Å². The number of benzene rings is 1. The first-order valence-electron chi connectivity index (χ1n) is 12.4. The molecular formula is C27H33FN2O8.